The molecule has 0 bridgehead atoms. The molecule has 1 amide bonds. The summed E-state index contributed by atoms with van der Waals surface area (Å²) in [4.78, 5) is 21.7. The lowest BCUT2D eigenvalue weighted by molar-refractivity contribution is -0.134. The van der Waals surface area contributed by atoms with Crippen LogP contribution in [-0.4, -0.2) is 91.0 Å². The molecule has 2 saturated heterocycles. The minimum Gasteiger partial charge on any atom is -0.339 e. The van der Waals surface area contributed by atoms with Crippen molar-refractivity contribution >= 4 is 5.91 Å². The van der Waals surface area contributed by atoms with Gasteiger partial charge in [0.1, 0.15) is 0 Å². The van der Waals surface area contributed by atoms with Crippen molar-refractivity contribution in [3.63, 3.8) is 0 Å². The first-order valence-electron chi connectivity index (χ1n) is 9.34. The highest BCUT2D eigenvalue weighted by Gasteiger charge is 2.24. The largest absolute Gasteiger partial charge is 0.339 e. The molecule has 0 radical (unpaired) electrons. The number of nitrogens with zero attached hydrogens (tertiary/aromatic N) is 4. The second kappa shape index (κ2) is 9.13. The van der Waals surface area contributed by atoms with E-state index in [1.165, 1.54) is 5.56 Å². The van der Waals surface area contributed by atoms with E-state index in [1.807, 2.05) is 11.0 Å². The maximum absolute atomic E-state index is 12.5. The van der Waals surface area contributed by atoms with Crippen LogP contribution in [-0.2, 0) is 11.3 Å². The monoisotopic (exact) mass is 342 g/mol. The average Bonchev–Trinajstić information content (AvgIpc) is 2.65. The number of benzene rings is 1. The highest BCUT2D eigenvalue weighted by Crippen LogP contribution is 2.09. The molecule has 0 aliphatic carbocycles. The molecule has 1 aromatic rings. The van der Waals surface area contributed by atoms with Crippen LogP contribution in [0.3, 0.4) is 0 Å². The highest BCUT2D eigenvalue weighted by molar-refractivity contribution is 5.78. The maximum atomic E-state index is 12.5. The normalized spacial score (nSPS) is 20.6. The molecule has 0 saturated carbocycles. The Labute approximate surface area is 151 Å². The molecule has 1 aromatic carbocycles. The smallest absolute Gasteiger partial charge is 0.236 e. The van der Waals surface area contributed by atoms with Crippen LogP contribution in [0.1, 0.15) is 5.56 Å². The zero-order valence-corrected chi connectivity index (χ0v) is 15.1. The van der Waals surface area contributed by atoms with E-state index in [2.05, 4.69) is 51.6 Å². The first kappa shape index (κ1) is 18.1. The van der Waals surface area contributed by atoms with E-state index in [0.717, 1.165) is 65.4 Å². The Morgan fingerprint density at radius 1 is 0.880 bits per heavy atom. The van der Waals surface area contributed by atoms with Gasteiger partial charge in [-0.25, -0.2) is 0 Å². The lowest BCUT2D eigenvalue weighted by atomic mass is 10.2. The van der Waals surface area contributed by atoms with Gasteiger partial charge in [0, 0.05) is 65.4 Å². The van der Waals surface area contributed by atoms with Crippen molar-refractivity contribution in [1.82, 2.24) is 19.6 Å². The van der Waals surface area contributed by atoms with Crippen molar-refractivity contribution in [3.8, 4) is 0 Å². The summed E-state index contributed by atoms with van der Waals surface area (Å²) in [6.07, 6.45) is 1.94. The Morgan fingerprint density at radius 3 is 2.12 bits per heavy atom. The molecule has 5 nitrogen and oxygen atoms in total. The second-order valence-corrected chi connectivity index (χ2v) is 7.01. The van der Waals surface area contributed by atoms with Gasteiger partial charge in [-0.05, 0) is 5.56 Å². The molecule has 2 fully saturated rings. The van der Waals surface area contributed by atoms with Gasteiger partial charge in [0.15, 0.2) is 0 Å². The molecule has 136 valence electrons. The number of hydrogen-bond donors (Lipinski definition) is 0. The fourth-order valence-corrected chi connectivity index (χ4v) is 3.60. The minimum absolute atomic E-state index is 0.287. The standard InChI is InChI=1S/C20H30N4O/c1-2-8-21-13-15-24(16-14-21)20(25)18-23-11-9-22(10-12-23)17-19-6-4-3-5-7-19/h2-7H,1,8-18H2. The van der Waals surface area contributed by atoms with Crippen LogP contribution in [0.4, 0.5) is 0 Å². The predicted octanol–water partition coefficient (Wildman–Crippen LogP) is 1.13. The summed E-state index contributed by atoms with van der Waals surface area (Å²) in [5, 5.41) is 0. The summed E-state index contributed by atoms with van der Waals surface area (Å²) >= 11 is 0. The van der Waals surface area contributed by atoms with E-state index in [1.54, 1.807) is 0 Å². The lowest BCUT2D eigenvalue weighted by Gasteiger charge is -2.37. The third-order valence-corrected chi connectivity index (χ3v) is 5.19. The van der Waals surface area contributed by atoms with Gasteiger partial charge in [0.2, 0.25) is 5.91 Å². The van der Waals surface area contributed by atoms with Crippen LogP contribution < -0.4 is 0 Å². The van der Waals surface area contributed by atoms with E-state index in [4.69, 9.17) is 0 Å². The van der Waals surface area contributed by atoms with Crippen LogP contribution in [0.2, 0.25) is 0 Å². The summed E-state index contributed by atoms with van der Waals surface area (Å²) in [5.74, 6) is 0.287. The van der Waals surface area contributed by atoms with Crippen LogP contribution in [0.15, 0.2) is 43.0 Å². The molecule has 0 aromatic heterocycles. The SMILES string of the molecule is C=CCN1CCN(C(=O)CN2CCN(Cc3ccccc3)CC2)CC1. The van der Waals surface area contributed by atoms with Crippen molar-refractivity contribution in [3.05, 3.63) is 48.6 Å². The molecule has 0 N–H and O–H groups in total. The molecular weight excluding hydrogens is 312 g/mol. The van der Waals surface area contributed by atoms with Crippen molar-refractivity contribution in [2.45, 2.75) is 6.54 Å². The molecule has 2 aliphatic rings. The predicted molar refractivity (Wildman–Crippen MR) is 101 cm³/mol. The van der Waals surface area contributed by atoms with Crippen molar-refractivity contribution in [2.24, 2.45) is 0 Å². The van der Waals surface area contributed by atoms with Gasteiger partial charge in [0.05, 0.1) is 6.54 Å². The summed E-state index contributed by atoms with van der Waals surface area (Å²) in [7, 11) is 0. The van der Waals surface area contributed by atoms with E-state index in [0.29, 0.717) is 6.54 Å². The molecule has 2 heterocycles. The Morgan fingerprint density at radius 2 is 1.48 bits per heavy atom. The Hall–Kier alpha value is -1.69. The number of amides is 1. The van der Waals surface area contributed by atoms with Gasteiger partial charge in [0.25, 0.3) is 0 Å². The first-order valence-corrected chi connectivity index (χ1v) is 9.34. The third-order valence-electron chi connectivity index (χ3n) is 5.19. The Bertz CT molecular complexity index is 546. The second-order valence-electron chi connectivity index (χ2n) is 7.01. The molecule has 2 aliphatic heterocycles. The Kier molecular flexibility index (Phi) is 6.62. The van der Waals surface area contributed by atoms with Gasteiger partial charge in [-0.15, -0.1) is 6.58 Å². The van der Waals surface area contributed by atoms with E-state index >= 15 is 0 Å². The van der Waals surface area contributed by atoms with Gasteiger partial charge in [-0.2, -0.15) is 0 Å². The van der Waals surface area contributed by atoms with E-state index in [-0.39, 0.29) is 5.91 Å². The fourth-order valence-electron chi connectivity index (χ4n) is 3.60. The number of carbonyl (C=O) groups excluding carboxylic acids is 1. The number of rotatable bonds is 6. The Balaban J connectivity index is 1.37. The van der Waals surface area contributed by atoms with Gasteiger partial charge in [-0.3, -0.25) is 19.5 Å². The molecule has 0 unspecified atom stereocenters. The van der Waals surface area contributed by atoms with Crippen LogP contribution in [0.25, 0.3) is 0 Å². The fraction of sp³-hybridized carbons (Fsp3) is 0.550. The maximum Gasteiger partial charge on any atom is 0.236 e. The highest BCUT2D eigenvalue weighted by atomic mass is 16.2. The van der Waals surface area contributed by atoms with Crippen molar-refractivity contribution < 1.29 is 4.79 Å². The molecule has 0 atom stereocenters. The minimum atomic E-state index is 0.287. The summed E-state index contributed by atoms with van der Waals surface area (Å²) in [6, 6.07) is 10.6. The number of hydrogen-bond acceptors (Lipinski definition) is 4. The zero-order valence-electron chi connectivity index (χ0n) is 15.1. The summed E-state index contributed by atoms with van der Waals surface area (Å²) in [6.45, 7) is 13.9. The lowest BCUT2D eigenvalue weighted by Crippen LogP contribution is -2.53. The zero-order chi connectivity index (χ0) is 17.5. The van der Waals surface area contributed by atoms with Crippen molar-refractivity contribution in [1.29, 1.82) is 0 Å². The summed E-state index contributed by atoms with van der Waals surface area (Å²) in [5.41, 5.74) is 1.37. The van der Waals surface area contributed by atoms with Gasteiger partial charge < -0.3 is 4.90 Å². The third kappa shape index (κ3) is 5.39. The first-order chi connectivity index (χ1) is 12.2. The van der Waals surface area contributed by atoms with Gasteiger partial charge >= 0.3 is 0 Å². The molecule has 5 heteroatoms. The van der Waals surface area contributed by atoms with Crippen molar-refractivity contribution in [2.75, 3.05) is 65.4 Å². The van der Waals surface area contributed by atoms with Crippen LogP contribution in [0, 0.1) is 0 Å². The van der Waals surface area contributed by atoms with Gasteiger partial charge in [-0.1, -0.05) is 36.4 Å². The topological polar surface area (TPSA) is 30.0 Å². The van der Waals surface area contributed by atoms with Crippen LogP contribution in [0.5, 0.6) is 0 Å². The van der Waals surface area contributed by atoms with Crippen LogP contribution >= 0.6 is 0 Å². The molecule has 25 heavy (non-hydrogen) atoms. The molecular formula is C20H30N4O. The molecule has 3 rings (SSSR count). The quantitative estimate of drug-likeness (QED) is 0.725. The number of carbonyl (C=O) groups is 1. The summed E-state index contributed by atoms with van der Waals surface area (Å²) < 4.78 is 0. The average molecular weight is 342 g/mol. The molecule has 0 spiro atoms. The number of piperazine rings is 2. The van der Waals surface area contributed by atoms with E-state index in [9.17, 15) is 4.79 Å². The van der Waals surface area contributed by atoms with E-state index < -0.39 is 0 Å².